The zero-order valence-corrected chi connectivity index (χ0v) is 19.0. The van der Waals surface area contributed by atoms with E-state index in [-0.39, 0.29) is 5.91 Å². The van der Waals surface area contributed by atoms with Crippen LogP contribution in [0.1, 0.15) is 21.6 Å². The lowest BCUT2D eigenvalue weighted by atomic mass is 10.1. The Hall–Kier alpha value is -3.90. The molecule has 0 aliphatic carbocycles. The Balaban J connectivity index is 1.47. The van der Waals surface area contributed by atoms with Crippen LogP contribution >= 0.6 is 11.3 Å². The molecular formula is C27H23N3O2S. The Bertz CT molecular complexity index is 1320. The molecule has 164 valence electrons. The van der Waals surface area contributed by atoms with Gasteiger partial charge in [0, 0.05) is 30.2 Å². The molecule has 3 aromatic carbocycles. The Morgan fingerprint density at radius 2 is 1.52 bits per heavy atom. The largest absolute Gasteiger partial charge is 0.497 e. The molecule has 0 bridgehead atoms. The third-order valence-electron chi connectivity index (χ3n) is 5.53. The van der Waals surface area contributed by atoms with Gasteiger partial charge in [-0.15, -0.1) is 11.3 Å². The second-order valence-corrected chi connectivity index (χ2v) is 8.60. The number of carbonyl (C=O) groups excluding carboxylic acids is 1. The van der Waals surface area contributed by atoms with E-state index in [2.05, 4.69) is 0 Å². The maximum atomic E-state index is 13.7. The molecule has 0 saturated heterocycles. The smallest absolute Gasteiger partial charge is 0.272 e. The molecule has 0 radical (unpaired) electrons. The van der Waals surface area contributed by atoms with Gasteiger partial charge in [0.2, 0.25) is 0 Å². The molecule has 0 aliphatic heterocycles. The maximum Gasteiger partial charge on any atom is 0.272 e. The first-order valence-electron chi connectivity index (χ1n) is 10.7. The first kappa shape index (κ1) is 21.0. The van der Waals surface area contributed by atoms with Crippen LogP contribution in [-0.4, -0.2) is 27.3 Å². The number of methoxy groups -OCH3 is 1. The lowest BCUT2D eigenvalue weighted by Crippen LogP contribution is -2.30. The standard InChI is InChI=1S/C27H23N3O2S/c1-32-23-14-12-22(13-15-23)24-18-30-25(19-33-27(30)28-24)26(31)29(16-20-8-4-2-5-9-20)17-21-10-6-3-7-11-21/h2-15,18-19H,16-17H2,1H3. The van der Waals surface area contributed by atoms with Gasteiger partial charge in [-0.1, -0.05) is 60.7 Å². The van der Waals surface area contributed by atoms with Gasteiger partial charge < -0.3 is 9.64 Å². The van der Waals surface area contributed by atoms with Gasteiger partial charge in [0.25, 0.3) is 5.91 Å². The van der Waals surface area contributed by atoms with Crippen LogP contribution in [0.25, 0.3) is 16.2 Å². The van der Waals surface area contributed by atoms with E-state index in [4.69, 9.17) is 9.72 Å². The lowest BCUT2D eigenvalue weighted by Gasteiger charge is -2.23. The van der Waals surface area contributed by atoms with Crippen molar-refractivity contribution in [2.75, 3.05) is 7.11 Å². The summed E-state index contributed by atoms with van der Waals surface area (Å²) in [6, 6.07) is 28.0. The predicted molar refractivity (Wildman–Crippen MR) is 132 cm³/mol. The van der Waals surface area contributed by atoms with Crippen LogP contribution in [-0.2, 0) is 13.1 Å². The topological polar surface area (TPSA) is 46.8 Å². The highest BCUT2D eigenvalue weighted by Gasteiger charge is 2.22. The monoisotopic (exact) mass is 453 g/mol. The van der Waals surface area contributed by atoms with Crippen molar-refractivity contribution in [1.29, 1.82) is 0 Å². The van der Waals surface area contributed by atoms with Crippen molar-refractivity contribution in [3.05, 3.63) is 113 Å². The molecule has 5 rings (SSSR count). The fourth-order valence-electron chi connectivity index (χ4n) is 3.81. The zero-order valence-electron chi connectivity index (χ0n) is 18.2. The number of aromatic nitrogens is 2. The quantitative estimate of drug-likeness (QED) is 0.308. The normalized spacial score (nSPS) is 10.9. The number of nitrogens with zero attached hydrogens (tertiary/aromatic N) is 3. The van der Waals surface area contributed by atoms with Crippen molar-refractivity contribution in [2.24, 2.45) is 0 Å². The lowest BCUT2D eigenvalue weighted by molar-refractivity contribution is 0.0723. The molecule has 5 nitrogen and oxygen atoms in total. The molecule has 2 heterocycles. The van der Waals surface area contributed by atoms with Crippen LogP contribution in [0.5, 0.6) is 5.75 Å². The van der Waals surface area contributed by atoms with E-state index in [0.29, 0.717) is 18.8 Å². The molecule has 0 spiro atoms. The molecule has 0 aliphatic rings. The van der Waals surface area contributed by atoms with E-state index < -0.39 is 0 Å². The van der Waals surface area contributed by atoms with E-state index >= 15 is 0 Å². The van der Waals surface area contributed by atoms with Crippen LogP contribution in [0.15, 0.2) is 96.5 Å². The Morgan fingerprint density at radius 1 is 0.909 bits per heavy atom. The SMILES string of the molecule is COc1ccc(-c2cn3c(C(=O)N(Cc4ccccc4)Cc4ccccc4)csc3n2)cc1. The number of ether oxygens (including phenoxy) is 1. The van der Waals surface area contributed by atoms with E-state index in [1.54, 1.807) is 7.11 Å². The summed E-state index contributed by atoms with van der Waals surface area (Å²) in [5, 5.41) is 1.89. The van der Waals surface area contributed by atoms with Gasteiger partial charge >= 0.3 is 0 Å². The number of carbonyl (C=O) groups is 1. The highest BCUT2D eigenvalue weighted by Crippen LogP contribution is 2.26. The van der Waals surface area contributed by atoms with Gasteiger partial charge in [-0.05, 0) is 35.4 Å². The minimum atomic E-state index is -0.0207. The number of amides is 1. The van der Waals surface area contributed by atoms with Crippen LogP contribution in [0, 0.1) is 0 Å². The summed E-state index contributed by atoms with van der Waals surface area (Å²) in [7, 11) is 1.65. The average molecular weight is 454 g/mol. The van der Waals surface area contributed by atoms with E-state index in [9.17, 15) is 4.79 Å². The molecule has 0 saturated carbocycles. The van der Waals surface area contributed by atoms with Gasteiger partial charge in [0.05, 0.1) is 12.8 Å². The van der Waals surface area contributed by atoms with Crippen molar-refractivity contribution >= 4 is 22.2 Å². The van der Waals surface area contributed by atoms with Gasteiger partial charge in [-0.3, -0.25) is 9.20 Å². The predicted octanol–water partition coefficient (Wildman–Crippen LogP) is 5.91. The second-order valence-electron chi connectivity index (χ2n) is 7.76. The van der Waals surface area contributed by atoms with Crippen molar-refractivity contribution in [1.82, 2.24) is 14.3 Å². The molecule has 1 amide bonds. The molecule has 6 heteroatoms. The van der Waals surface area contributed by atoms with Crippen LogP contribution in [0.2, 0.25) is 0 Å². The number of rotatable bonds is 7. The Kier molecular flexibility index (Phi) is 5.91. The molecule has 0 fully saturated rings. The molecule has 0 atom stereocenters. The van der Waals surface area contributed by atoms with Gasteiger partial charge in [0.1, 0.15) is 11.4 Å². The van der Waals surface area contributed by atoms with Gasteiger partial charge in [-0.2, -0.15) is 0 Å². The van der Waals surface area contributed by atoms with Crippen molar-refractivity contribution in [3.8, 4) is 17.0 Å². The highest BCUT2D eigenvalue weighted by atomic mass is 32.1. The van der Waals surface area contributed by atoms with Crippen LogP contribution < -0.4 is 4.74 Å². The first-order valence-corrected chi connectivity index (χ1v) is 11.6. The fraction of sp³-hybridized carbons (Fsp3) is 0.111. The minimum absolute atomic E-state index is 0.0207. The first-order chi connectivity index (χ1) is 16.2. The summed E-state index contributed by atoms with van der Waals surface area (Å²) in [5.41, 5.74) is 4.62. The van der Waals surface area contributed by atoms with Gasteiger partial charge in [-0.25, -0.2) is 4.98 Å². The summed E-state index contributed by atoms with van der Waals surface area (Å²) in [6.45, 7) is 1.07. The fourth-order valence-corrected chi connectivity index (χ4v) is 4.65. The number of benzene rings is 3. The molecule has 0 unspecified atom stereocenters. The minimum Gasteiger partial charge on any atom is -0.497 e. The summed E-state index contributed by atoms with van der Waals surface area (Å²) < 4.78 is 7.15. The molecular weight excluding hydrogens is 430 g/mol. The van der Waals surface area contributed by atoms with Gasteiger partial charge in [0.15, 0.2) is 4.96 Å². The highest BCUT2D eigenvalue weighted by molar-refractivity contribution is 7.15. The van der Waals surface area contributed by atoms with E-state index in [0.717, 1.165) is 33.1 Å². The summed E-state index contributed by atoms with van der Waals surface area (Å²) >= 11 is 1.48. The van der Waals surface area contributed by atoms with Crippen LogP contribution in [0.3, 0.4) is 0 Å². The zero-order chi connectivity index (χ0) is 22.6. The summed E-state index contributed by atoms with van der Waals surface area (Å²) in [6.07, 6.45) is 1.93. The second kappa shape index (κ2) is 9.30. The summed E-state index contributed by atoms with van der Waals surface area (Å²) in [5.74, 6) is 0.778. The van der Waals surface area contributed by atoms with E-state index in [1.165, 1.54) is 11.3 Å². The Morgan fingerprint density at radius 3 is 2.09 bits per heavy atom. The average Bonchev–Trinajstić information content (AvgIpc) is 3.46. The number of hydrogen-bond donors (Lipinski definition) is 0. The van der Waals surface area contributed by atoms with E-state index in [1.807, 2.05) is 106 Å². The molecule has 0 N–H and O–H groups in total. The molecule has 33 heavy (non-hydrogen) atoms. The maximum absolute atomic E-state index is 13.7. The number of fused-ring (bicyclic) bond motifs is 1. The number of thiazole rings is 1. The van der Waals surface area contributed by atoms with Crippen molar-refractivity contribution in [3.63, 3.8) is 0 Å². The number of imidazole rings is 1. The number of hydrogen-bond acceptors (Lipinski definition) is 4. The summed E-state index contributed by atoms with van der Waals surface area (Å²) in [4.78, 5) is 21.1. The third kappa shape index (κ3) is 4.52. The molecule has 2 aromatic heterocycles. The van der Waals surface area contributed by atoms with Crippen molar-refractivity contribution in [2.45, 2.75) is 13.1 Å². The third-order valence-corrected chi connectivity index (χ3v) is 6.37. The Labute approximate surface area is 196 Å². The molecule has 5 aromatic rings. The van der Waals surface area contributed by atoms with Crippen LogP contribution in [0.4, 0.5) is 0 Å². The van der Waals surface area contributed by atoms with Crippen molar-refractivity contribution < 1.29 is 9.53 Å².